The smallest absolute Gasteiger partial charge is 0.242 e. The highest BCUT2D eigenvalue weighted by Gasteiger charge is 2.38. The van der Waals surface area contributed by atoms with Gasteiger partial charge < -0.3 is 4.42 Å². The van der Waals surface area contributed by atoms with Gasteiger partial charge in [0.2, 0.25) is 5.91 Å². The SMILES string of the molecule is Cc1ccc(C[C@H]2S/C(=N\N=C/c3ccncc3)N(Cc3ccco3)C2=O)cc1C. The van der Waals surface area contributed by atoms with Crippen molar-refractivity contribution in [3.05, 3.63) is 89.1 Å². The molecule has 3 heterocycles. The molecule has 2 aromatic heterocycles. The van der Waals surface area contributed by atoms with Crippen molar-refractivity contribution in [2.75, 3.05) is 0 Å². The minimum atomic E-state index is -0.239. The molecule has 30 heavy (non-hydrogen) atoms. The zero-order chi connectivity index (χ0) is 20.9. The van der Waals surface area contributed by atoms with Gasteiger partial charge in [-0.3, -0.25) is 14.7 Å². The lowest BCUT2D eigenvalue weighted by molar-refractivity contribution is -0.126. The summed E-state index contributed by atoms with van der Waals surface area (Å²) in [5, 5.41) is 8.88. The van der Waals surface area contributed by atoms with Gasteiger partial charge in [-0.2, -0.15) is 5.10 Å². The van der Waals surface area contributed by atoms with Crippen LogP contribution in [0.1, 0.15) is 28.0 Å². The number of benzene rings is 1. The Morgan fingerprint density at radius 2 is 2.00 bits per heavy atom. The third kappa shape index (κ3) is 4.68. The standard InChI is InChI=1S/C23H22N4O2S/c1-16-5-6-19(12-17(16)2)13-21-22(28)27(15-20-4-3-11-29-20)23(30-21)26-25-14-18-7-9-24-10-8-18/h3-12,14,21H,13,15H2,1-2H3/b25-14-,26-23-/t21-/m1/s1. The number of thioether (sulfide) groups is 1. The summed E-state index contributed by atoms with van der Waals surface area (Å²) in [7, 11) is 0. The highest BCUT2D eigenvalue weighted by Crippen LogP contribution is 2.31. The van der Waals surface area contributed by atoms with E-state index in [-0.39, 0.29) is 11.2 Å². The largest absolute Gasteiger partial charge is 0.467 e. The van der Waals surface area contributed by atoms with Crippen molar-refractivity contribution in [2.24, 2.45) is 10.2 Å². The Morgan fingerprint density at radius 3 is 2.73 bits per heavy atom. The number of amidine groups is 1. The van der Waals surface area contributed by atoms with Gasteiger partial charge in [0.05, 0.1) is 24.3 Å². The first-order chi connectivity index (χ1) is 14.6. The van der Waals surface area contributed by atoms with E-state index >= 15 is 0 Å². The molecule has 1 aliphatic heterocycles. The summed E-state index contributed by atoms with van der Waals surface area (Å²) in [6.45, 7) is 4.52. The molecular formula is C23H22N4O2S. The van der Waals surface area contributed by atoms with Crippen LogP contribution in [0.4, 0.5) is 0 Å². The van der Waals surface area contributed by atoms with Gasteiger partial charge in [0.15, 0.2) is 5.17 Å². The van der Waals surface area contributed by atoms with Crippen molar-refractivity contribution in [2.45, 2.75) is 32.1 Å². The normalized spacial score (nSPS) is 18.1. The van der Waals surface area contributed by atoms with Crippen molar-refractivity contribution in [3.63, 3.8) is 0 Å². The van der Waals surface area contributed by atoms with Crippen LogP contribution >= 0.6 is 11.8 Å². The van der Waals surface area contributed by atoms with E-state index in [1.165, 1.54) is 22.9 Å². The van der Waals surface area contributed by atoms with Crippen LogP contribution in [0.25, 0.3) is 0 Å². The molecule has 152 valence electrons. The summed E-state index contributed by atoms with van der Waals surface area (Å²) in [5.74, 6) is 0.731. The van der Waals surface area contributed by atoms with E-state index in [1.54, 1.807) is 29.8 Å². The summed E-state index contributed by atoms with van der Waals surface area (Å²) in [6.07, 6.45) is 7.30. The van der Waals surface area contributed by atoms with Crippen LogP contribution in [0.15, 0.2) is 75.7 Å². The van der Waals surface area contributed by atoms with Crippen LogP contribution in [0.5, 0.6) is 0 Å². The first-order valence-electron chi connectivity index (χ1n) is 9.68. The van der Waals surface area contributed by atoms with Crippen LogP contribution in [-0.4, -0.2) is 32.4 Å². The number of carbonyl (C=O) groups excluding carboxylic acids is 1. The van der Waals surface area contributed by atoms with Crippen molar-refractivity contribution < 1.29 is 9.21 Å². The van der Waals surface area contributed by atoms with E-state index < -0.39 is 0 Å². The fourth-order valence-corrected chi connectivity index (χ4v) is 4.29. The van der Waals surface area contributed by atoms with Crippen LogP contribution < -0.4 is 0 Å². The number of aromatic nitrogens is 1. The van der Waals surface area contributed by atoms with Gasteiger partial charge in [0, 0.05) is 12.4 Å². The van der Waals surface area contributed by atoms with Crippen LogP contribution in [-0.2, 0) is 17.8 Å². The molecule has 0 spiro atoms. The van der Waals surface area contributed by atoms with Crippen molar-refractivity contribution in [3.8, 4) is 0 Å². The number of aryl methyl sites for hydroxylation is 2. The number of furan rings is 1. The van der Waals surface area contributed by atoms with Crippen LogP contribution in [0, 0.1) is 13.8 Å². The number of hydrogen-bond donors (Lipinski definition) is 0. The van der Waals surface area contributed by atoms with E-state index in [2.05, 4.69) is 47.2 Å². The van der Waals surface area contributed by atoms with Crippen molar-refractivity contribution in [1.29, 1.82) is 0 Å². The average molecular weight is 419 g/mol. The second-order valence-corrected chi connectivity index (χ2v) is 8.31. The molecule has 7 heteroatoms. The third-order valence-electron chi connectivity index (χ3n) is 4.96. The van der Waals surface area contributed by atoms with Gasteiger partial charge in [-0.25, -0.2) is 0 Å². The lowest BCUT2D eigenvalue weighted by Crippen LogP contribution is -2.32. The Labute approximate surface area is 179 Å². The van der Waals surface area contributed by atoms with Gasteiger partial charge in [-0.05, 0) is 66.8 Å². The topological polar surface area (TPSA) is 71.1 Å². The minimum absolute atomic E-state index is 0.0208. The van der Waals surface area contributed by atoms with Gasteiger partial charge in [0.1, 0.15) is 5.76 Å². The van der Waals surface area contributed by atoms with Crippen molar-refractivity contribution >= 4 is 29.1 Å². The zero-order valence-electron chi connectivity index (χ0n) is 16.9. The van der Waals surface area contributed by atoms with Gasteiger partial charge in [0.25, 0.3) is 0 Å². The quantitative estimate of drug-likeness (QED) is 0.440. The number of amides is 1. The number of pyridine rings is 1. The molecule has 6 nitrogen and oxygen atoms in total. The minimum Gasteiger partial charge on any atom is -0.467 e. The molecule has 1 amide bonds. The maximum Gasteiger partial charge on any atom is 0.242 e. The van der Waals surface area contributed by atoms with E-state index in [0.717, 1.165) is 11.1 Å². The molecule has 1 aliphatic rings. The first kappa shape index (κ1) is 20.1. The van der Waals surface area contributed by atoms with E-state index in [1.807, 2.05) is 24.3 Å². The highest BCUT2D eigenvalue weighted by molar-refractivity contribution is 8.15. The number of carbonyl (C=O) groups is 1. The molecule has 0 saturated carbocycles. The predicted octanol–water partition coefficient (Wildman–Crippen LogP) is 4.37. The summed E-state index contributed by atoms with van der Waals surface area (Å²) in [5.41, 5.74) is 4.51. The van der Waals surface area contributed by atoms with E-state index in [9.17, 15) is 4.79 Å². The molecule has 0 unspecified atom stereocenters. The summed E-state index contributed by atoms with van der Waals surface area (Å²) in [6, 6.07) is 13.7. The molecule has 1 aromatic carbocycles. The van der Waals surface area contributed by atoms with Crippen LogP contribution in [0.2, 0.25) is 0 Å². The molecule has 1 atom stereocenters. The fraction of sp³-hybridized carbons (Fsp3) is 0.217. The Bertz CT molecular complexity index is 1080. The van der Waals surface area contributed by atoms with Crippen molar-refractivity contribution in [1.82, 2.24) is 9.88 Å². The first-order valence-corrected chi connectivity index (χ1v) is 10.6. The Balaban J connectivity index is 1.56. The van der Waals surface area contributed by atoms with Crippen LogP contribution in [0.3, 0.4) is 0 Å². The maximum atomic E-state index is 13.2. The summed E-state index contributed by atoms with van der Waals surface area (Å²) < 4.78 is 5.44. The molecule has 0 aliphatic carbocycles. The van der Waals surface area contributed by atoms with Gasteiger partial charge in [-0.1, -0.05) is 30.0 Å². The zero-order valence-corrected chi connectivity index (χ0v) is 17.7. The second kappa shape index (κ2) is 9.09. The Kier molecular flexibility index (Phi) is 6.09. The Morgan fingerprint density at radius 1 is 1.17 bits per heavy atom. The lowest BCUT2D eigenvalue weighted by Gasteiger charge is -2.14. The molecule has 0 bridgehead atoms. The average Bonchev–Trinajstić information content (AvgIpc) is 3.36. The molecule has 3 aromatic rings. The van der Waals surface area contributed by atoms with E-state index in [0.29, 0.717) is 23.9 Å². The number of nitrogens with zero attached hydrogens (tertiary/aromatic N) is 4. The monoisotopic (exact) mass is 418 g/mol. The fourth-order valence-electron chi connectivity index (χ4n) is 3.16. The van der Waals surface area contributed by atoms with Gasteiger partial charge >= 0.3 is 0 Å². The molecule has 1 saturated heterocycles. The second-order valence-electron chi connectivity index (χ2n) is 7.14. The molecule has 0 radical (unpaired) electrons. The molecule has 1 fully saturated rings. The summed E-state index contributed by atoms with van der Waals surface area (Å²) in [4.78, 5) is 18.8. The summed E-state index contributed by atoms with van der Waals surface area (Å²) >= 11 is 1.45. The predicted molar refractivity (Wildman–Crippen MR) is 120 cm³/mol. The lowest BCUT2D eigenvalue weighted by atomic mass is 10.0. The number of rotatable bonds is 6. The third-order valence-corrected chi connectivity index (χ3v) is 6.13. The highest BCUT2D eigenvalue weighted by atomic mass is 32.2. The molecule has 4 rings (SSSR count). The maximum absolute atomic E-state index is 13.2. The van der Waals surface area contributed by atoms with Gasteiger partial charge in [-0.15, -0.1) is 5.10 Å². The molecular weight excluding hydrogens is 396 g/mol. The Hall–Kier alpha value is -3.19. The number of hydrogen-bond acceptors (Lipinski definition) is 6. The van der Waals surface area contributed by atoms with E-state index in [4.69, 9.17) is 4.42 Å². The molecule has 0 N–H and O–H groups in total.